The van der Waals surface area contributed by atoms with Crippen molar-refractivity contribution in [3.8, 4) is 0 Å². The van der Waals surface area contributed by atoms with E-state index in [2.05, 4.69) is 57.8 Å². The lowest BCUT2D eigenvalue weighted by Gasteiger charge is -2.35. The molecule has 0 aromatic heterocycles. The number of aliphatic hydroxyl groups excluding tert-OH is 1. The normalized spacial score (nSPS) is 26.9. The van der Waals surface area contributed by atoms with Gasteiger partial charge < -0.3 is 5.11 Å². The quantitative estimate of drug-likeness (QED) is 0.679. The standard InChI is InChI=1S/C13H18INO/c14-8-12-10-15(7-6-13(12)16)9-11-4-2-1-3-5-11/h1-5,12-13,16H,6-10H2/t12-,13+/m0/s1. The SMILES string of the molecule is O[C@@H]1CCN(Cc2ccccc2)C[C@@H]1CI. The van der Waals surface area contributed by atoms with Gasteiger partial charge in [0.15, 0.2) is 0 Å². The Bertz CT molecular complexity index is 317. The zero-order valence-electron chi connectivity index (χ0n) is 9.35. The molecule has 2 rings (SSSR count). The maximum absolute atomic E-state index is 9.82. The highest BCUT2D eigenvalue weighted by Gasteiger charge is 2.26. The van der Waals surface area contributed by atoms with Crippen LogP contribution in [0.3, 0.4) is 0 Å². The molecule has 0 aliphatic carbocycles. The summed E-state index contributed by atoms with van der Waals surface area (Å²) >= 11 is 2.38. The molecule has 0 saturated carbocycles. The maximum atomic E-state index is 9.82. The Morgan fingerprint density at radius 3 is 2.75 bits per heavy atom. The van der Waals surface area contributed by atoms with Crippen molar-refractivity contribution < 1.29 is 5.11 Å². The minimum absolute atomic E-state index is 0.0936. The molecule has 0 spiro atoms. The lowest BCUT2D eigenvalue weighted by Crippen LogP contribution is -2.43. The lowest BCUT2D eigenvalue weighted by molar-refractivity contribution is 0.0353. The maximum Gasteiger partial charge on any atom is 0.0600 e. The van der Waals surface area contributed by atoms with E-state index in [-0.39, 0.29) is 6.10 Å². The van der Waals surface area contributed by atoms with E-state index in [1.165, 1.54) is 5.56 Å². The summed E-state index contributed by atoms with van der Waals surface area (Å²) in [7, 11) is 0. The van der Waals surface area contributed by atoms with E-state index in [0.717, 1.165) is 30.5 Å². The van der Waals surface area contributed by atoms with Crippen molar-refractivity contribution in [2.45, 2.75) is 19.1 Å². The molecule has 1 aliphatic heterocycles. The second-order valence-corrected chi connectivity index (χ2v) is 5.37. The first-order valence-corrected chi connectivity index (χ1v) is 7.32. The summed E-state index contributed by atoms with van der Waals surface area (Å²) in [5, 5.41) is 9.82. The van der Waals surface area contributed by atoms with Crippen LogP contribution in [0.4, 0.5) is 0 Å². The molecule has 1 aliphatic rings. The van der Waals surface area contributed by atoms with Gasteiger partial charge in [0, 0.05) is 30.0 Å². The van der Waals surface area contributed by atoms with Crippen molar-refractivity contribution >= 4 is 22.6 Å². The zero-order chi connectivity index (χ0) is 11.4. The van der Waals surface area contributed by atoms with E-state index in [0.29, 0.717) is 5.92 Å². The number of nitrogens with zero attached hydrogens (tertiary/aromatic N) is 1. The fraction of sp³-hybridized carbons (Fsp3) is 0.538. The average molecular weight is 331 g/mol. The average Bonchev–Trinajstić information content (AvgIpc) is 2.33. The summed E-state index contributed by atoms with van der Waals surface area (Å²) in [6.07, 6.45) is 0.824. The van der Waals surface area contributed by atoms with Gasteiger partial charge in [0.1, 0.15) is 0 Å². The summed E-state index contributed by atoms with van der Waals surface area (Å²) in [6, 6.07) is 10.6. The van der Waals surface area contributed by atoms with E-state index in [1.807, 2.05) is 0 Å². The molecule has 1 fully saturated rings. The Hall–Kier alpha value is -0.130. The van der Waals surface area contributed by atoms with Crippen molar-refractivity contribution in [1.29, 1.82) is 0 Å². The number of piperidine rings is 1. The van der Waals surface area contributed by atoms with Gasteiger partial charge >= 0.3 is 0 Å². The van der Waals surface area contributed by atoms with Gasteiger partial charge in [0.25, 0.3) is 0 Å². The lowest BCUT2D eigenvalue weighted by atomic mass is 9.96. The van der Waals surface area contributed by atoms with E-state index in [1.54, 1.807) is 0 Å². The number of halogens is 1. The summed E-state index contributed by atoms with van der Waals surface area (Å²) in [5.74, 6) is 0.443. The minimum atomic E-state index is -0.0936. The predicted octanol–water partition coefficient (Wildman–Crippen LogP) is 2.30. The highest BCUT2D eigenvalue weighted by molar-refractivity contribution is 14.1. The predicted molar refractivity (Wildman–Crippen MR) is 74.7 cm³/mol. The summed E-state index contributed by atoms with van der Waals surface area (Å²) in [5.41, 5.74) is 1.37. The third kappa shape index (κ3) is 3.18. The van der Waals surface area contributed by atoms with Gasteiger partial charge in [-0.05, 0) is 12.0 Å². The molecule has 0 unspecified atom stereocenters. The molecule has 1 heterocycles. The van der Waals surface area contributed by atoms with Crippen LogP contribution in [0.5, 0.6) is 0 Å². The molecule has 16 heavy (non-hydrogen) atoms. The molecule has 0 amide bonds. The first-order chi connectivity index (χ1) is 7.79. The third-order valence-corrected chi connectivity index (χ3v) is 4.36. The Labute approximate surface area is 111 Å². The first kappa shape index (κ1) is 12.3. The van der Waals surface area contributed by atoms with Crippen LogP contribution < -0.4 is 0 Å². The van der Waals surface area contributed by atoms with E-state index < -0.39 is 0 Å². The van der Waals surface area contributed by atoms with Crippen LogP contribution in [-0.4, -0.2) is 33.6 Å². The fourth-order valence-electron chi connectivity index (χ4n) is 2.23. The van der Waals surface area contributed by atoms with Gasteiger partial charge in [0.05, 0.1) is 6.10 Å². The molecule has 3 heteroatoms. The molecule has 0 radical (unpaired) electrons. The Balaban J connectivity index is 1.92. The monoisotopic (exact) mass is 331 g/mol. The number of hydrogen-bond donors (Lipinski definition) is 1. The number of alkyl halides is 1. The molecule has 0 bridgehead atoms. The summed E-state index contributed by atoms with van der Waals surface area (Å²) in [4.78, 5) is 2.45. The van der Waals surface area contributed by atoms with E-state index in [4.69, 9.17) is 0 Å². The van der Waals surface area contributed by atoms with Gasteiger partial charge in [-0.3, -0.25) is 4.90 Å². The minimum Gasteiger partial charge on any atom is -0.393 e. The van der Waals surface area contributed by atoms with E-state index in [9.17, 15) is 5.11 Å². The molecule has 1 aromatic rings. The first-order valence-electron chi connectivity index (χ1n) is 5.80. The Morgan fingerprint density at radius 1 is 1.31 bits per heavy atom. The van der Waals surface area contributed by atoms with Gasteiger partial charge in [-0.25, -0.2) is 0 Å². The third-order valence-electron chi connectivity index (χ3n) is 3.23. The second-order valence-electron chi connectivity index (χ2n) is 4.49. The second kappa shape index (κ2) is 5.98. The molecule has 1 saturated heterocycles. The summed E-state index contributed by atoms with van der Waals surface area (Å²) in [6.45, 7) is 3.06. The van der Waals surface area contributed by atoms with Gasteiger partial charge in [0.2, 0.25) is 0 Å². The molecule has 1 aromatic carbocycles. The number of likely N-dealkylation sites (tertiary alicyclic amines) is 1. The smallest absolute Gasteiger partial charge is 0.0600 e. The number of aliphatic hydroxyl groups is 1. The molecule has 88 valence electrons. The van der Waals surface area contributed by atoms with Crippen LogP contribution in [0.25, 0.3) is 0 Å². The van der Waals surface area contributed by atoms with Crippen LogP contribution >= 0.6 is 22.6 Å². The molecule has 2 atom stereocenters. The van der Waals surface area contributed by atoms with Gasteiger partial charge in [-0.1, -0.05) is 52.9 Å². The Morgan fingerprint density at radius 2 is 2.06 bits per heavy atom. The number of hydrogen-bond acceptors (Lipinski definition) is 2. The van der Waals surface area contributed by atoms with Gasteiger partial charge in [-0.2, -0.15) is 0 Å². The highest BCUT2D eigenvalue weighted by atomic mass is 127. The number of benzene rings is 1. The largest absolute Gasteiger partial charge is 0.393 e. The molecular formula is C13H18INO. The summed E-state index contributed by atoms with van der Waals surface area (Å²) < 4.78 is 1.05. The zero-order valence-corrected chi connectivity index (χ0v) is 11.5. The van der Waals surface area contributed by atoms with Crippen LogP contribution in [-0.2, 0) is 6.54 Å². The van der Waals surface area contributed by atoms with E-state index >= 15 is 0 Å². The van der Waals surface area contributed by atoms with Crippen LogP contribution in [0.15, 0.2) is 30.3 Å². The molecule has 2 nitrogen and oxygen atoms in total. The van der Waals surface area contributed by atoms with Crippen molar-refractivity contribution in [1.82, 2.24) is 4.90 Å². The van der Waals surface area contributed by atoms with Crippen LogP contribution in [0.1, 0.15) is 12.0 Å². The topological polar surface area (TPSA) is 23.5 Å². The molecular weight excluding hydrogens is 313 g/mol. The van der Waals surface area contributed by atoms with Crippen molar-refractivity contribution in [3.05, 3.63) is 35.9 Å². The van der Waals surface area contributed by atoms with Crippen LogP contribution in [0, 0.1) is 5.92 Å². The van der Waals surface area contributed by atoms with Crippen LogP contribution in [0.2, 0.25) is 0 Å². The highest BCUT2D eigenvalue weighted by Crippen LogP contribution is 2.20. The fourth-order valence-corrected chi connectivity index (χ4v) is 3.10. The Kier molecular flexibility index (Phi) is 4.61. The number of rotatable bonds is 3. The van der Waals surface area contributed by atoms with Crippen molar-refractivity contribution in [2.24, 2.45) is 5.92 Å². The molecule has 1 N–H and O–H groups in total. The van der Waals surface area contributed by atoms with Crippen molar-refractivity contribution in [2.75, 3.05) is 17.5 Å². The van der Waals surface area contributed by atoms with Crippen molar-refractivity contribution in [3.63, 3.8) is 0 Å². The van der Waals surface area contributed by atoms with Gasteiger partial charge in [-0.15, -0.1) is 0 Å².